The molecule has 0 bridgehead atoms. The molecule has 2 heterocycles. The highest BCUT2D eigenvalue weighted by Crippen LogP contribution is 2.22. The average Bonchev–Trinajstić information content (AvgIpc) is 3.22. The highest BCUT2D eigenvalue weighted by molar-refractivity contribution is 5.55. The molecule has 0 aliphatic carbocycles. The summed E-state index contributed by atoms with van der Waals surface area (Å²) in [6, 6.07) is 17.6. The molecule has 30 heavy (non-hydrogen) atoms. The minimum Gasteiger partial charge on any atom is -0.360 e. The number of aromatic nitrogens is 4. The van der Waals surface area contributed by atoms with Gasteiger partial charge in [-0.25, -0.2) is 4.68 Å². The van der Waals surface area contributed by atoms with Gasteiger partial charge in [-0.05, 0) is 47.0 Å². The Hall–Kier alpha value is -2.73. The number of hydrogen-bond donors (Lipinski definition) is 1. The average molecular weight is 406 g/mol. The molecule has 6 nitrogen and oxygen atoms in total. The quantitative estimate of drug-likeness (QED) is 0.656. The van der Waals surface area contributed by atoms with Crippen LogP contribution in [-0.4, -0.2) is 46.4 Å². The van der Waals surface area contributed by atoms with E-state index in [1.807, 2.05) is 10.7 Å². The third-order valence-electron chi connectivity index (χ3n) is 6.23. The molecule has 6 heteroatoms. The Morgan fingerprint density at radius 1 is 1.03 bits per heavy atom. The molecule has 0 amide bonds. The Balaban J connectivity index is 1.49. The van der Waals surface area contributed by atoms with Crippen LogP contribution in [0.4, 0.5) is 5.69 Å². The molecule has 1 N–H and O–H groups in total. The largest absolute Gasteiger partial charge is 0.360 e. The molecule has 0 saturated carbocycles. The smallest absolute Gasteiger partial charge is 0.209 e. The second-order valence-corrected chi connectivity index (χ2v) is 8.46. The minimum absolute atomic E-state index is 0.342. The summed E-state index contributed by atoms with van der Waals surface area (Å²) in [5.41, 5.74) is 5.31. The van der Waals surface area contributed by atoms with Crippen molar-refractivity contribution in [3.8, 4) is 0 Å². The molecule has 2 aromatic carbocycles. The van der Waals surface area contributed by atoms with E-state index in [2.05, 4.69) is 83.7 Å². The molecular weight excluding hydrogens is 372 g/mol. The van der Waals surface area contributed by atoms with Crippen LogP contribution in [0.3, 0.4) is 0 Å². The van der Waals surface area contributed by atoms with Crippen LogP contribution >= 0.6 is 0 Å². The van der Waals surface area contributed by atoms with Gasteiger partial charge in [0, 0.05) is 12.1 Å². The van der Waals surface area contributed by atoms with E-state index in [4.69, 9.17) is 0 Å². The SMILES string of the molecule is CCC[C@@H](c1nnnn1Cc1ccccc1)[NH+]1CCN(c2cc(C)ccc2C)CC1. The normalized spacial score (nSPS) is 16.0. The number of quaternary nitrogens is 1. The topological polar surface area (TPSA) is 51.3 Å². The van der Waals surface area contributed by atoms with E-state index in [1.54, 1.807) is 4.90 Å². The van der Waals surface area contributed by atoms with Gasteiger partial charge in [-0.15, -0.1) is 5.10 Å². The molecule has 0 spiro atoms. The number of aryl methyl sites for hydroxylation is 2. The van der Waals surface area contributed by atoms with Crippen LogP contribution in [0.25, 0.3) is 0 Å². The molecule has 0 unspecified atom stereocenters. The first-order valence-corrected chi connectivity index (χ1v) is 11.1. The number of nitrogens with zero attached hydrogens (tertiary/aromatic N) is 5. The summed E-state index contributed by atoms with van der Waals surface area (Å²) < 4.78 is 2.00. The monoisotopic (exact) mass is 405 g/mol. The van der Waals surface area contributed by atoms with Crippen LogP contribution < -0.4 is 9.80 Å². The van der Waals surface area contributed by atoms with Crippen molar-refractivity contribution >= 4 is 5.69 Å². The molecule has 4 rings (SSSR count). The van der Waals surface area contributed by atoms with Gasteiger partial charge in [0.15, 0.2) is 0 Å². The van der Waals surface area contributed by atoms with Crippen LogP contribution in [0, 0.1) is 13.8 Å². The number of hydrogen-bond acceptors (Lipinski definition) is 4. The van der Waals surface area contributed by atoms with Crippen molar-refractivity contribution in [2.45, 2.75) is 46.2 Å². The van der Waals surface area contributed by atoms with E-state index < -0.39 is 0 Å². The first-order valence-electron chi connectivity index (χ1n) is 11.1. The van der Waals surface area contributed by atoms with E-state index in [0.29, 0.717) is 6.04 Å². The maximum Gasteiger partial charge on any atom is 0.209 e. The van der Waals surface area contributed by atoms with Crippen molar-refractivity contribution in [2.75, 3.05) is 31.1 Å². The van der Waals surface area contributed by atoms with E-state index in [-0.39, 0.29) is 0 Å². The lowest BCUT2D eigenvalue weighted by Crippen LogP contribution is -3.15. The first-order chi connectivity index (χ1) is 14.7. The van der Waals surface area contributed by atoms with Gasteiger partial charge in [-0.1, -0.05) is 55.8 Å². The van der Waals surface area contributed by atoms with Gasteiger partial charge in [0.25, 0.3) is 0 Å². The van der Waals surface area contributed by atoms with Crippen molar-refractivity contribution in [1.82, 2.24) is 20.2 Å². The van der Waals surface area contributed by atoms with Crippen molar-refractivity contribution in [3.05, 3.63) is 71.0 Å². The van der Waals surface area contributed by atoms with Crippen LogP contribution in [0.2, 0.25) is 0 Å². The highest BCUT2D eigenvalue weighted by atomic mass is 15.6. The van der Waals surface area contributed by atoms with Gasteiger partial charge in [0.2, 0.25) is 5.82 Å². The summed E-state index contributed by atoms with van der Waals surface area (Å²) in [6.07, 6.45) is 2.24. The van der Waals surface area contributed by atoms with Gasteiger partial charge in [0.05, 0.1) is 32.7 Å². The number of benzene rings is 2. The number of tetrazole rings is 1. The zero-order valence-corrected chi connectivity index (χ0v) is 18.4. The van der Waals surface area contributed by atoms with Gasteiger partial charge in [0.1, 0.15) is 6.04 Å². The molecule has 1 saturated heterocycles. The van der Waals surface area contributed by atoms with Gasteiger partial charge >= 0.3 is 0 Å². The van der Waals surface area contributed by atoms with Crippen LogP contribution in [0.5, 0.6) is 0 Å². The summed E-state index contributed by atoms with van der Waals surface area (Å²) in [6.45, 7) is 11.7. The molecule has 1 aliphatic rings. The minimum atomic E-state index is 0.342. The molecular formula is C24H33N6+. The predicted molar refractivity (Wildman–Crippen MR) is 120 cm³/mol. The Morgan fingerprint density at radius 2 is 1.80 bits per heavy atom. The molecule has 1 atom stereocenters. The molecule has 1 aliphatic heterocycles. The van der Waals surface area contributed by atoms with Crippen molar-refractivity contribution < 1.29 is 4.90 Å². The Kier molecular flexibility index (Phi) is 6.43. The fourth-order valence-corrected chi connectivity index (χ4v) is 4.58. The number of rotatable bonds is 7. The second kappa shape index (κ2) is 9.39. The van der Waals surface area contributed by atoms with E-state index >= 15 is 0 Å². The third kappa shape index (κ3) is 4.54. The zero-order valence-electron chi connectivity index (χ0n) is 18.4. The third-order valence-corrected chi connectivity index (χ3v) is 6.23. The number of piperazine rings is 1. The lowest BCUT2D eigenvalue weighted by Gasteiger charge is -2.37. The Morgan fingerprint density at radius 3 is 2.53 bits per heavy atom. The lowest BCUT2D eigenvalue weighted by molar-refractivity contribution is -0.933. The van der Waals surface area contributed by atoms with Crippen LogP contribution in [-0.2, 0) is 6.54 Å². The lowest BCUT2D eigenvalue weighted by atomic mass is 10.1. The summed E-state index contributed by atoms with van der Waals surface area (Å²) in [5.74, 6) is 1.02. The highest BCUT2D eigenvalue weighted by Gasteiger charge is 2.32. The fraction of sp³-hybridized carbons (Fsp3) is 0.458. The zero-order chi connectivity index (χ0) is 20.9. The van der Waals surface area contributed by atoms with Crippen molar-refractivity contribution in [1.29, 1.82) is 0 Å². The van der Waals surface area contributed by atoms with Gasteiger partial charge in [-0.3, -0.25) is 0 Å². The molecule has 0 radical (unpaired) electrons. The first kappa shape index (κ1) is 20.5. The summed E-state index contributed by atoms with van der Waals surface area (Å²) in [7, 11) is 0. The summed E-state index contributed by atoms with van der Waals surface area (Å²) >= 11 is 0. The standard InChI is InChI=1S/C24H32N6/c1-4-8-22(24-25-26-27-30(24)18-21-9-6-5-7-10-21)28-13-15-29(16-14-28)23-17-19(2)11-12-20(23)3/h5-7,9-12,17,22H,4,8,13-16,18H2,1-3H3/p+1/t22-/m0/s1. The van der Waals surface area contributed by atoms with Gasteiger partial charge in [-0.2, -0.15) is 0 Å². The van der Waals surface area contributed by atoms with Crippen LogP contribution in [0.15, 0.2) is 48.5 Å². The van der Waals surface area contributed by atoms with E-state index in [0.717, 1.165) is 51.4 Å². The molecule has 158 valence electrons. The second-order valence-electron chi connectivity index (χ2n) is 8.46. The summed E-state index contributed by atoms with van der Waals surface area (Å²) in [5, 5.41) is 12.8. The molecule has 1 aromatic heterocycles. The predicted octanol–water partition coefficient (Wildman–Crippen LogP) is 2.58. The van der Waals surface area contributed by atoms with E-state index in [1.165, 1.54) is 22.4 Å². The maximum atomic E-state index is 4.48. The van der Waals surface area contributed by atoms with Crippen LogP contribution in [0.1, 0.15) is 48.3 Å². The van der Waals surface area contributed by atoms with E-state index in [9.17, 15) is 0 Å². The number of anilines is 1. The Bertz CT molecular complexity index is 943. The number of nitrogens with one attached hydrogen (secondary N) is 1. The fourth-order valence-electron chi connectivity index (χ4n) is 4.58. The van der Waals surface area contributed by atoms with Gasteiger partial charge < -0.3 is 9.80 Å². The maximum absolute atomic E-state index is 4.48. The molecule has 1 fully saturated rings. The Labute approximate surface area is 179 Å². The van der Waals surface area contributed by atoms with Crippen molar-refractivity contribution in [2.24, 2.45) is 0 Å². The molecule has 3 aromatic rings. The summed E-state index contributed by atoms with van der Waals surface area (Å²) in [4.78, 5) is 4.14. The van der Waals surface area contributed by atoms with Crippen molar-refractivity contribution in [3.63, 3.8) is 0 Å².